The number of Topliss-reactive ketones (excluding diaryl/α,β-unsaturated/α-hetero) is 1. The molecular weight excluding hydrogens is 448 g/mol. The quantitative estimate of drug-likeness (QED) is 0.103. The molecule has 0 saturated heterocycles. The van der Waals surface area contributed by atoms with Crippen molar-refractivity contribution in [2.45, 2.75) is 157 Å². The molecule has 0 saturated carbocycles. The molecule has 0 radical (unpaired) electrons. The molecule has 1 rings (SSSR count). The molecule has 0 amide bonds. The van der Waals surface area contributed by atoms with Gasteiger partial charge in [0.2, 0.25) is 0 Å². The van der Waals surface area contributed by atoms with Crippen LogP contribution in [0.3, 0.4) is 0 Å². The molecule has 1 aliphatic carbocycles. The van der Waals surface area contributed by atoms with Crippen molar-refractivity contribution in [2.75, 3.05) is 0 Å². The van der Waals surface area contributed by atoms with Gasteiger partial charge in [-0.15, -0.1) is 0 Å². The Morgan fingerprint density at radius 2 is 1.46 bits per heavy atom. The first-order valence-electron chi connectivity index (χ1n) is 15.5. The summed E-state index contributed by atoms with van der Waals surface area (Å²) in [4.78, 5) is 12.2. The lowest BCUT2D eigenvalue weighted by Gasteiger charge is -2.31. The number of carbonyl (C=O) groups is 1. The lowest BCUT2D eigenvalue weighted by molar-refractivity contribution is -0.118. The molecule has 0 N–H and O–H groups in total. The Bertz CT molecular complexity index is 834. The molecule has 208 valence electrons. The van der Waals surface area contributed by atoms with E-state index in [0.29, 0.717) is 12.2 Å². The van der Waals surface area contributed by atoms with Gasteiger partial charge in [0.05, 0.1) is 0 Å². The van der Waals surface area contributed by atoms with E-state index in [-0.39, 0.29) is 5.41 Å². The van der Waals surface area contributed by atoms with Gasteiger partial charge in [-0.3, -0.25) is 4.79 Å². The molecule has 0 aromatic heterocycles. The summed E-state index contributed by atoms with van der Waals surface area (Å²) in [5, 5.41) is 0. The summed E-state index contributed by atoms with van der Waals surface area (Å²) in [6.07, 6.45) is 30.7. The number of unbranched alkanes of at least 4 members (excludes halogenated alkanes) is 12. The summed E-state index contributed by atoms with van der Waals surface area (Å²) >= 11 is 0. The van der Waals surface area contributed by atoms with E-state index in [0.717, 1.165) is 24.0 Å². The first-order chi connectivity index (χ1) is 17.8. The average molecular weight is 507 g/mol. The van der Waals surface area contributed by atoms with Crippen LogP contribution in [-0.2, 0) is 4.79 Å². The van der Waals surface area contributed by atoms with Gasteiger partial charge in [-0.2, -0.15) is 0 Å². The molecule has 1 heteroatoms. The number of hydrogen-bond acceptors (Lipinski definition) is 1. The third-order valence-corrected chi connectivity index (χ3v) is 7.76. The van der Waals surface area contributed by atoms with Crippen molar-refractivity contribution >= 4 is 5.78 Å². The molecule has 0 aromatic rings. The molecule has 0 aliphatic heterocycles. The van der Waals surface area contributed by atoms with Crippen molar-refractivity contribution in [1.82, 2.24) is 0 Å². The minimum Gasteiger partial charge on any atom is -0.299 e. The van der Waals surface area contributed by atoms with Crippen LogP contribution in [0.1, 0.15) is 157 Å². The van der Waals surface area contributed by atoms with Gasteiger partial charge >= 0.3 is 0 Å². The molecule has 37 heavy (non-hydrogen) atoms. The molecule has 0 aromatic carbocycles. The lowest BCUT2D eigenvalue weighted by Crippen LogP contribution is -2.19. The fourth-order valence-electron chi connectivity index (χ4n) is 5.23. The Labute approximate surface area is 231 Å². The maximum Gasteiger partial charge on any atom is 0.136 e. The van der Waals surface area contributed by atoms with Crippen LogP contribution in [0.15, 0.2) is 46.6 Å². The van der Waals surface area contributed by atoms with Crippen LogP contribution in [0, 0.1) is 17.3 Å². The largest absolute Gasteiger partial charge is 0.299 e. The maximum atomic E-state index is 12.2. The summed E-state index contributed by atoms with van der Waals surface area (Å²) < 4.78 is 0. The van der Waals surface area contributed by atoms with Gasteiger partial charge < -0.3 is 0 Å². The van der Waals surface area contributed by atoms with E-state index in [2.05, 4.69) is 77.7 Å². The van der Waals surface area contributed by atoms with E-state index in [1.165, 1.54) is 107 Å². The summed E-state index contributed by atoms with van der Waals surface area (Å²) in [5.41, 5.74) is 5.19. The first kappa shape index (κ1) is 33.2. The summed E-state index contributed by atoms with van der Waals surface area (Å²) in [6, 6.07) is 0. The fraction of sp³-hybridized carbons (Fsp3) is 0.694. The first-order valence-corrected chi connectivity index (χ1v) is 15.5. The Kier molecular flexibility index (Phi) is 18.1. The van der Waals surface area contributed by atoms with Crippen molar-refractivity contribution in [2.24, 2.45) is 5.41 Å². The second-order valence-electron chi connectivity index (χ2n) is 12.0. The van der Waals surface area contributed by atoms with Gasteiger partial charge in [0.15, 0.2) is 0 Å². The molecule has 0 heterocycles. The zero-order chi connectivity index (χ0) is 27.4. The smallest absolute Gasteiger partial charge is 0.136 e. The highest BCUT2D eigenvalue weighted by Gasteiger charge is 2.27. The molecule has 1 aliphatic rings. The van der Waals surface area contributed by atoms with E-state index in [1.807, 2.05) is 0 Å². The van der Waals surface area contributed by atoms with Gasteiger partial charge in [-0.05, 0) is 57.4 Å². The van der Waals surface area contributed by atoms with Gasteiger partial charge in [0, 0.05) is 18.4 Å². The lowest BCUT2D eigenvalue weighted by atomic mass is 9.73. The van der Waals surface area contributed by atoms with Crippen molar-refractivity contribution in [1.29, 1.82) is 0 Å². The second-order valence-corrected chi connectivity index (χ2v) is 12.0. The van der Waals surface area contributed by atoms with E-state index in [4.69, 9.17) is 0 Å². The second kappa shape index (κ2) is 20.2. The predicted molar refractivity (Wildman–Crippen MR) is 165 cm³/mol. The predicted octanol–water partition coefficient (Wildman–Crippen LogP) is 11.4. The average Bonchev–Trinajstić information content (AvgIpc) is 2.85. The topological polar surface area (TPSA) is 17.1 Å². The Morgan fingerprint density at radius 1 is 0.892 bits per heavy atom. The number of carbonyl (C=O) groups excluding carboxylic acids is 1. The third kappa shape index (κ3) is 16.6. The minimum atomic E-state index is 0.199. The number of rotatable bonds is 18. The summed E-state index contributed by atoms with van der Waals surface area (Å²) in [7, 11) is 0. The monoisotopic (exact) mass is 506 g/mol. The van der Waals surface area contributed by atoms with E-state index in [9.17, 15) is 4.79 Å². The van der Waals surface area contributed by atoms with Crippen LogP contribution < -0.4 is 0 Å². The Balaban J connectivity index is 2.18. The number of hydrogen-bond donors (Lipinski definition) is 0. The Morgan fingerprint density at radius 3 is 2.03 bits per heavy atom. The fourth-order valence-corrected chi connectivity index (χ4v) is 5.23. The molecule has 0 atom stereocenters. The van der Waals surface area contributed by atoms with Gasteiger partial charge in [-0.25, -0.2) is 0 Å². The van der Waals surface area contributed by atoms with E-state index < -0.39 is 0 Å². The molecule has 0 fully saturated rings. The SMILES string of the molecule is CCCCCCCCCCCCCCCC(=O)CC=C(C)C=CC=C(C)C#CC1=C(C)CCCC1(C)C. The maximum absolute atomic E-state index is 12.2. The normalized spacial score (nSPS) is 16.3. The van der Waals surface area contributed by atoms with E-state index in [1.54, 1.807) is 0 Å². The van der Waals surface area contributed by atoms with Crippen molar-refractivity contribution in [3.63, 3.8) is 0 Å². The van der Waals surface area contributed by atoms with Crippen molar-refractivity contribution < 1.29 is 4.79 Å². The van der Waals surface area contributed by atoms with Crippen molar-refractivity contribution in [3.8, 4) is 11.8 Å². The van der Waals surface area contributed by atoms with E-state index >= 15 is 0 Å². The van der Waals surface area contributed by atoms with Crippen LogP contribution in [0.5, 0.6) is 0 Å². The van der Waals surface area contributed by atoms with Crippen LogP contribution >= 0.6 is 0 Å². The highest BCUT2D eigenvalue weighted by atomic mass is 16.1. The molecule has 1 nitrogen and oxygen atoms in total. The zero-order valence-electron chi connectivity index (χ0n) is 25.4. The summed E-state index contributed by atoms with van der Waals surface area (Å²) in [6.45, 7) is 13.3. The standard InChI is InChI=1S/C36H58O/c1-7-8-9-10-11-12-13-14-15-16-17-18-19-25-34(37)28-26-31(2)22-20-23-32(3)27-29-35-33(4)24-21-30-36(35,5)6/h20,22-23,26H,7-19,21,24-25,28,30H2,1-6H3. The number of allylic oxidation sites excluding steroid dienone is 8. The Hall–Kier alpha value is -1.81. The van der Waals surface area contributed by atoms with Crippen LogP contribution in [0.2, 0.25) is 0 Å². The van der Waals surface area contributed by atoms with Crippen LogP contribution in [0.4, 0.5) is 0 Å². The van der Waals surface area contributed by atoms with Crippen LogP contribution in [-0.4, -0.2) is 5.78 Å². The molecular formula is C36H58O. The highest BCUT2D eigenvalue weighted by molar-refractivity contribution is 5.79. The minimum absolute atomic E-state index is 0.199. The number of ketones is 1. The summed E-state index contributed by atoms with van der Waals surface area (Å²) in [5.74, 6) is 7.18. The molecule has 0 bridgehead atoms. The van der Waals surface area contributed by atoms with Gasteiger partial charge in [0.1, 0.15) is 5.78 Å². The third-order valence-electron chi connectivity index (χ3n) is 7.76. The van der Waals surface area contributed by atoms with Crippen LogP contribution in [0.25, 0.3) is 0 Å². The van der Waals surface area contributed by atoms with Crippen molar-refractivity contribution in [3.05, 3.63) is 46.6 Å². The molecule has 0 unspecified atom stereocenters. The molecule has 0 spiro atoms. The van der Waals surface area contributed by atoms with Gasteiger partial charge in [-0.1, -0.05) is 145 Å². The highest BCUT2D eigenvalue weighted by Crippen LogP contribution is 2.39. The zero-order valence-corrected chi connectivity index (χ0v) is 25.4. The van der Waals surface area contributed by atoms with Gasteiger partial charge in [0.25, 0.3) is 0 Å².